The summed E-state index contributed by atoms with van der Waals surface area (Å²) in [6.07, 6.45) is -50.3. The second kappa shape index (κ2) is 14.9. The van der Waals surface area contributed by atoms with E-state index in [1.807, 2.05) is 0 Å². The van der Waals surface area contributed by atoms with Gasteiger partial charge in [-0.2, -0.15) is 97.8 Å². The molecule has 0 aliphatic heterocycles. The number of aromatic nitrogens is 4. The van der Waals surface area contributed by atoms with Gasteiger partial charge in [-0.15, -0.1) is 0 Å². The van der Waals surface area contributed by atoms with E-state index in [0.717, 1.165) is 36.4 Å². The third-order valence-electron chi connectivity index (χ3n) is 7.24. The highest BCUT2D eigenvalue weighted by Gasteiger charge is 2.64. The summed E-state index contributed by atoms with van der Waals surface area (Å²) in [7, 11) is 0. The molecule has 0 saturated carbocycles. The van der Waals surface area contributed by atoms with Gasteiger partial charge in [-0.05, 0) is 50.2 Å². The Kier molecular flexibility index (Phi) is 11.6. The number of halogens is 20. The highest BCUT2D eigenvalue weighted by Crippen LogP contribution is 2.45. The van der Waals surface area contributed by atoms with E-state index in [-0.39, 0.29) is 23.5 Å². The Hall–Kier alpha value is -5.60. The zero-order valence-electron chi connectivity index (χ0n) is 28.3. The smallest absolute Gasteiger partial charge is 0.408 e. The summed E-state index contributed by atoms with van der Waals surface area (Å²) >= 11 is 0. The quantitative estimate of drug-likeness (QED) is 0.130. The van der Waals surface area contributed by atoms with Gasteiger partial charge in [-0.3, -0.25) is 9.97 Å². The van der Waals surface area contributed by atoms with E-state index in [0.29, 0.717) is 12.1 Å². The first-order valence-electron chi connectivity index (χ1n) is 15.0. The number of alkyl halides is 20. The lowest BCUT2D eigenvalue weighted by molar-refractivity contribution is -0.363. The molecular weight excluding hydrogens is 872 g/mol. The Balaban J connectivity index is 1.82. The summed E-state index contributed by atoms with van der Waals surface area (Å²) < 4.78 is 278. The number of ether oxygens (including phenoxy) is 4. The summed E-state index contributed by atoms with van der Waals surface area (Å²) in [5.74, 6) is -7.61. The molecule has 0 radical (unpaired) electrons. The minimum Gasteiger partial charge on any atom is -0.408 e. The van der Waals surface area contributed by atoms with Crippen molar-refractivity contribution in [2.75, 3.05) is 0 Å². The third-order valence-corrected chi connectivity index (χ3v) is 7.24. The van der Waals surface area contributed by atoms with Crippen LogP contribution in [0.4, 0.5) is 87.8 Å². The van der Waals surface area contributed by atoms with E-state index in [2.05, 4.69) is 38.9 Å². The zero-order valence-corrected chi connectivity index (χ0v) is 28.3. The first-order chi connectivity index (χ1) is 26.5. The third kappa shape index (κ3) is 9.82. The van der Waals surface area contributed by atoms with Crippen molar-refractivity contribution in [3.05, 3.63) is 72.1 Å². The van der Waals surface area contributed by atoms with E-state index in [1.165, 1.54) is 13.8 Å². The lowest BCUT2D eigenvalue weighted by atomic mass is 9.84. The van der Waals surface area contributed by atoms with Gasteiger partial charge in [0.25, 0.3) is 0 Å². The van der Waals surface area contributed by atoms with Gasteiger partial charge in [0.2, 0.25) is 23.5 Å². The second-order valence-corrected chi connectivity index (χ2v) is 11.9. The van der Waals surface area contributed by atoms with Crippen molar-refractivity contribution in [2.24, 2.45) is 0 Å². The number of hydrogen-bond donors (Lipinski definition) is 0. The Bertz CT molecular complexity index is 2000. The van der Waals surface area contributed by atoms with Crippen molar-refractivity contribution in [1.29, 1.82) is 0 Å². The van der Waals surface area contributed by atoms with Crippen LogP contribution in [0.5, 0.6) is 23.5 Å². The molecule has 4 rings (SSSR count). The Morgan fingerprint density at radius 3 is 0.932 bits per heavy atom. The Morgan fingerprint density at radius 2 is 0.644 bits per heavy atom. The molecular formula is C31H16F20N4O4. The molecule has 0 amide bonds. The molecule has 0 unspecified atom stereocenters. The minimum absolute atomic E-state index is 0.189. The van der Waals surface area contributed by atoms with Crippen LogP contribution < -0.4 is 18.9 Å². The molecule has 4 aromatic rings. The first-order valence-corrected chi connectivity index (χ1v) is 15.0. The van der Waals surface area contributed by atoms with Gasteiger partial charge in [-0.25, -0.2) is 0 Å². The van der Waals surface area contributed by atoms with Crippen molar-refractivity contribution in [3.63, 3.8) is 0 Å². The lowest BCUT2D eigenvalue weighted by Gasteiger charge is -2.26. The second-order valence-electron chi connectivity index (χ2n) is 11.9. The summed E-state index contributed by atoms with van der Waals surface area (Å²) in [6, 6.07) is 7.12. The molecule has 8 nitrogen and oxygen atoms in total. The van der Waals surface area contributed by atoms with Gasteiger partial charge in [0, 0.05) is 17.5 Å². The van der Waals surface area contributed by atoms with E-state index in [1.54, 1.807) is 0 Å². The fourth-order valence-electron chi connectivity index (χ4n) is 4.24. The molecule has 4 aromatic heterocycles. The molecule has 28 heteroatoms. The lowest BCUT2D eigenvalue weighted by Crippen LogP contribution is -2.43. The van der Waals surface area contributed by atoms with Gasteiger partial charge in [0.05, 0.1) is 33.9 Å². The van der Waals surface area contributed by atoms with Crippen LogP contribution in [0.2, 0.25) is 0 Å². The number of hydrogen-bond acceptors (Lipinski definition) is 8. The average molecular weight is 888 g/mol. The largest absolute Gasteiger partial charge is 0.500 e. The van der Waals surface area contributed by atoms with Crippen molar-refractivity contribution >= 4 is 0 Å². The maximum atomic E-state index is 14.0. The maximum absolute atomic E-state index is 14.0. The van der Waals surface area contributed by atoms with Crippen molar-refractivity contribution in [2.45, 2.75) is 68.4 Å². The molecule has 0 aliphatic carbocycles. The molecule has 0 aromatic carbocycles. The van der Waals surface area contributed by atoms with Gasteiger partial charge < -0.3 is 18.9 Å². The van der Waals surface area contributed by atoms with Gasteiger partial charge in [0.15, 0.2) is 0 Å². The van der Waals surface area contributed by atoms with E-state index >= 15 is 0 Å². The molecule has 0 atom stereocenters. The SMILES string of the molecule is CC(C)(c1cccc(-c2ccc(OC(F)(F)C(F)(F)F)nc2OC(F)(F)C(F)(F)F)n1)c1cccc(-c2ccc(OC(F)(F)C(F)(F)F)nc2OC(F)(F)C(F)(F)F)n1. The van der Waals surface area contributed by atoms with Crippen molar-refractivity contribution in [1.82, 2.24) is 19.9 Å². The first kappa shape index (κ1) is 46.1. The molecule has 324 valence electrons. The molecule has 0 saturated heterocycles. The van der Waals surface area contributed by atoms with Crippen LogP contribution in [0.3, 0.4) is 0 Å². The summed E-state index contributed by atoms with van der Waals surface area (Å²) in [5.41, 5.74) is -5.66. The van der Waals surface area contributed by atoms with Crippen molar-refractivity contribution in [3.8, 4) is 46.0 Å². The number of nitrogens with zero attached hydrogens (tertiary/aromatic N) is 4. The van der Waals surface area contributed by atoms with Gasteiger partial charge in [0.1, 0.15) is 0 Å². The zero-order chi connectivity index (χ0) is 45.0. The Morgan fingerprint density at radius 1 is 0.356 bits per heavy atom. The summed E-state index contributed by atoms with van der Waals surface area (Å²) in [5, 5.41) is 0. The molecule has 0 aliphatic rings. The molecule has 59 heavy (non-hydrogen) atoms. The predicted molar refractivity (Wildman–Crippen MR) is 154 cm³/mol. The molecule has 4 heterocycles. The molecule has 0 spiro atoms. The normalized spacial score (nSPS) is 13.9. The van der Waals surface area contributed by atoms with Crippen LogP contribution in [0, 0.1) is 0 Å². The predicted octanol–water partition coefficient (Wildman–Crippen LogP) is 11.1. The topological polar surface area (TPSA) is 88.5 Å². The van der Waals surface area contributed by atoms with E-state index in [9.17, 15) is 87.8 Å². The van der Waals surface area contributed by atoms with E-state index < -0.39 is 101 Å². The van der Waals surface area contributed by atoms with Crippen LogP contribution in [-0.2, 0) is 5.41 Å². The minimum atomic E-state index is -6.52. The fraction of sp³-hybridized carbons (Fsp3) is 0.355. The van der Waals surface area contributed by atoms with Crippen LogP contribution in [0.25, 0.3) is 22.5 Å². The molecule has 0 bridgehead atoms. The maximum Gasteiger partial charge on any atom is 0.500 e. The van der Waals surface area contributed by atoms with Gasteiger partial charge >= 0.3 is 49.1 Å². The number of rotatable bonds is 12. The monoisotopic (exact) mass is 888 g/mol. The Labute approximate surface area is 313 Å². The highest BCUT2D eigenvalue weighted by molar-refractivity contribution is 5.67. The summed E-state index contributed by atoms with van der Waals surface area (Å²) in [6.45, 7) is 2.47. The van der Waals surface area contributed by atoms with Crippen LogP contribution >= 0.6 is 0 Å². The molecule has 0 N–H and O–H groups in total. The highest BCUT2D eigenvalue weighted by atomic mass is 19.4. The standard InChI is InChI=1S/C31H16F20N4O4/c1-23(2,17-7-3-5-15(52-17)13-9-11-19(56-28(44,45)24(32,33)34)54-21(13)58-30(48,49)26(38,39)40)18-8-4-6-16(53-18)14-10-12-20(57-29(46,47)25(35,36)37)55-22(14)59-31(50,51)27(41,42)43/h3-12H,1-2H3. The molecule has 0 fully saturated rings. The fourth-order valence-corrected chi connectivity index (χ4v) is 4.24. The van der Waals surface area contributed by atoms with Crippen LogP contribution in [0.1, 0.15) is 25.2 Å². The van der Waals surface area contributed by atoms with Crippen LogP contribution in [0.15, 0.2) is 60.7 Å². The number of pyridine rings is 4. The van der Waals surface area contributed by atoms with Crippen LogP contribution in [-0.4, -0.2) is 69.1 Å². The summed E-state index contributed by atoms with van der Waals surface area (Å²) in [4.78, 5) is 13.8. The van der Waals surface area contributed by atoms with E-state index in [4.69, 9.17) is 0 Å². The average Bonchev–Trinajstić information content (AvgIpc) is 3.06. The van der Waals surface area contributed by atoms with Crippen molar-refractivity contribution < 1.29 is 107 Å². The van der Waals surface area contributed by atoms with Gasteiger partial charge in [-0.1, -0.05) is 12.1 Å².